The molecule has 0 spiro atoms. The third-order valence-electron chi connectivity index (χ3n) is 3.93. The number of hydrogen-bond acceptors (Lipinski definition) is 2. The summed E-state index contributed by atoms with van der Waals surface area (Å²) < 4.78 is 13.4. The van der Waals surface area contributed by atoms with Gasteiger partial charge in [0, 0.05) is 5.71 Å². The van der Waals surface area contributed by atoms with Crippen molar-refractivity contribution in [2.75, 3.05) is 0 Å². The van der Waals surface area contributed by atoms with Crippen molar-refractivity contribution in [3.63, 3.8) is 0 Å². The van der Waals surface area contributed by atoms with E-state index < -0.39 is 11.7 Å². The summed E-state index contributed by atoms with van der Waals surface area (Å²) in [6.07, 6.45) is 4.65. The molecule has 0 radical (unpaired) electrons. The third-order valence-corrected chi connectivity index (χ3v) is 3.93. The Kier molecular flexibility index (Phi) is 2.86. The first-order chi connectivity index (χ1) is 8.74. The molecular formula is C14H15FN2O. The Morgan fingerprint density at radius 1 is 1.33 bits per heavy atom. The molecule has 2 fully saturated rings. The summed E-state index contributed by atoms with van der Waals surface area (Å²) in [6, 6.07) is 5.95. The Bertz CT molecular complexity index is 512. The van der Waals surface area contributed by atoms with Gasteiger partial charge in [0.15, 0.2) is 0 Å². The summed E-state index contributed by atoms with van der Waals surface area (Å²) >= 11 is 0. The first kappa shape index (κ1) is 11.4. The molecule has 0 aromatic heterocycles. The van der Waals surface area contributed by atoms with E-state index in [1.54, 1.807) is 12.1 Å². The Hall–Kier alpha value is -1.71. The fraction of sp³-hybridized carbons (Fsp3) is 0.429. The first-order valence-corrected chi connectivity index (χ1v) is 6.35. The van der Waals surface area contributed by atoms with Gasteiger partial charge in [-0.3, -0.25) is 4.79 Å². The number of benzene rings is 1. The van der Waals surface area contributed by atoms with Gasteiger partial charge in [-0.2, -0.15) is 5.10 Å². The smallest absolute Gasteiger partial charge is 0.267 e. The molecular weight excluding hydrogens is 231 g/mol. The van der Waals surface area contributed by atoms with Crippen molar-refractivity contribution >= 4 is 11.6 Å². The molecule has 3 nitrogen and oxygen atoms in total. The molecule has 1 aromatic carbocycles. The number of hydrogen-bond donors (Lipinski definition) is 1. The highest BCUT2D eigenvalue weighted by Gasteiger charge is 2.36. The van der Waals surface area contributed by atoms with Crippen LogP contribution in [0.3, 0.4) is 0 Å². The molecule has 4 heteroatoms. The van der Waals surface area contributed by atoms with Gasteiger partial charge in [-0.05, 0) is 49.7 Å². The molecule has 0 saturated heterocycles. The standard InChI is InChI=1S/C14H15FN2O/c15-12-4-2-1-3-11(12)14(18)17-16-13-8-9-5-6-10(13)7-9/h1-4,9-10H,5-8H2,(H,17,18)/b16-13+. The van der Waals surface area contributed by atoms with E-state index in [9.17, 15) is 9.18 Å². The predicted molar refractivity (Wildman–Crippen MR) is 66.7 cm³/mol. The van der Waals surface area contributed by atoms with E-state index in [2.05, 4.69) is 10.5 Å². The van der Waals surface area contributed by atoms with Crippen LogP contribution in [0.1, 0.15) is 36.0 Å². The SMILES string of the molecule is O=C(N/N=C1\CC2CCC1C2)c1ccccc1F. The van der Waals surface area contributed by atoms with Crippen molar-refractivity contribution in [3.8, 4) is 0 Å². The molecule has 0 aliphatic heterocycles. The number of hydrazone groups is 1. The topological polar surface area (TPSA) is 41.5 Å². The van der Waals surface area contributed by atoms with Crippen molar-refractivity contribution in [1.29, 1.82) is 0 Å². The van der Waals surface area contributed by atoms with Crippen LogP contribution in [0.15, 0.2) is 29.4 Å². The number of amides is 1. The van der Waals surface area contributed by atoms with Gasteiger partial charge in [-0.15, -0.1) is 0 Å². The highest BCUT2D eigenvalue weighted by atomic mass is 19.1. The molecule has 3 rings (SSSR count). The number of rotatable bonds is 2. The molecule has 2 bridgehead atoms. The quantitative estimate of drug-likeness (QED) is 0.801. The van der Waals surface area contributed by atoms with Gasteiger partial charge < -0.3 is 0 Å². The van der Waals surface area contributed by atoms with Crippen LogP contribution in [0.5, 0.6) is 0 Å². The van der Waals surface area contributed by atoms with Gasteiger partial charge in [0.25, 0.3) is 5.91 Å². The summed E-state index contributed by atoms with van der Waals surface area (Å²) in [5.74, 6) is 0.307. The van der Waals surface area contributed by atoms with E-state index in [1.165, 1.54) is 31.4 Å². The zero-order valence-electron chi connectivity index (χ0n) is 10.0. The van der Waals surface area contributed by atoms with Crippen molar-refractivity contribution in [2.45, 2.75) is 25.7 Å². The zero-order valence-corrected chi connectivity index (χ0v) is 10.0. The lowest BCUT2D eigenvalue weighted by Crippen LogP contribution is -2.22. The fourth-order valence-corrected chi connectivity index (χ4v) is 2.99. The first-order valence-electron chi connectivity index (χ1n) is 6.35. The molecule has 1 N–H and O–H groups in total. The number of nitrogens with zero attached hydrogens (tertiary/aromatic N) is 1. The van der Waals surface area contributed by atoms with Crippen LogP contribution in [-0.2, 0) is 0 Å². The minimum atomic E-state index is -0.511. The molecule has 1 aromatic rings. The molecule has 2 saturated carbocycles. The van der Waals surface area contributed by atoms with Gasteiger partial charge in [0.05, 0.1) is 5.56 Å². The van der Waals surface area contributed by atoms with Gasteiger partial charge >= 0.3 is 0 Å². The Morgan fingerprint density at radius 2 is 2.17 bits per heavy atom. The second-order valence-electron chi connectivity index (χ2n) is 5.10. The van der Waals surface area contributed by atoms with Gasteiger partial charge in [0.1, 0.15) is 5.82 Å². The van der Waals surface area contributed by atoms with Gasteiger partial charge in [0.2, 0.25) is 0 Å². The minimum Gasteiger partial charge on any atom is -0.267 e. The monoisotopic (exact) mass is 246 g/mol. The average Bonchev–Trinajstić information content (AvgIpc) is 2.98. The number of halogens is 1. The normalized spacial score (nSPS) is 27.7. The molecule has 1 amide bonds. The van der Waals surface area contributed by atoms with Crippen LogP contribution < -0.4 is 5.43 Å². The van der Waals surface area contributed by atoms with E-state index >= 15 is 0 Å². The third kappa shape index (κ3) is 2.03. The fourth-order valence-electron chi connectivity index (χ4n) is 2.99. The van der Waals surface area contributed by atoms with Crippen molar-refractivity contribution < 1.29 is 9.18 Å². The lowest BCUT2D eigenvalue weighted by molar-refractivity contribution is 0.0950. The number of carbonyl (C=O) groups excluding carboxylic acids is 1. The van der Waals surface area contributed by atoms with E-state index in [-0.39, 0.29) is 5.56 Å². The lowest BCUT2D eigenvalue weighted by atomic mass is 9.99. The van der Waals surface area contributed by atoms with E-state index in [1.807, 2.05) is 0 Å². The van der Waals surface area contributed by atoms with Crippen LogP contribution in [-0.4, -0.2) is 11.6 Å². The van der Waals surface area contributed by atoms with Gasteiger partial charge in [-0.25, -0.2) is 9.82 Å². The maximum absolute atomic E-state index is 13.4. The molecule has 2 unspecified atom stereocenters. The molecule has 18 heavy (non-hydrogen) atoms. The lowest BCUT2D eigenvalue weighted by Gasteiger charge is -2.11. The average molecular weight is 246 g/mol. The number of nitrogens with one attached hydrogen (secondary N) is 1. The summed E-state index contributed by atoms with van der Waals surface area (Å²) in [5.41, 5.74) is 3.60. The van der Waals surface area contributed by atoms with Crippen LogP contribution in [0.2, 0.25) is 0 Å². The summed E-state index contributed by atoms with van der Waals surface area (Å²) in [4.78, 5) is 11.8. The number of fused-ring (bicyclic) bond motifs is 2. The summed E-state index contributed by atoms with van der Waals surface area (Å²) in [5, 5.41) is 4.17. The van der Waals surface area contributed by atoms with Crippen molar-refractivity contribution in [2.24, 2.45) is 16.9 Å². The summed E-state index contributed by atoms with van der Waals surface area (Å²) in [7, 11) is 0. The molecule has 0 heterocycles. The molecule has 2 atom stereocenters. The van der Waals surface area contributed by atoms with Crippen LogP contribution >= 0.6 is 0 Å². The highest BCUT2D eigenvalue weighted by Crippen LogP contribution is 2.42. The number of carbonyl (C=O) groups is 1. The van der Waals surface area contributed by atoms with Crippen molar-refractivity contribution in [3.05, 3.63) is 35.6 Å². The molecule has 94 valence electrons. The maximum atomic E-state index is 13.4. The Labute approximate surface area is 105 Å². The Morgan fingerprint density at radius 3 is 2.83 bits per heavy atom. The zero-order chi connectivity index (χ0) is 12.5. The van der Waals surface area contributed by atoms with E-state index in [0.29, 0.717) is 5.92 Å². The van der Waals surface area contributed by atoms with Crippen LogP contribution in [0, 0.1) is 17.7 Å². The minimum absolute atomic E-state index is 0.0463. The predicted octanol–water partition coefficient (Wildman–Crippen LogP) is 2.73. The van der Waals surface area contributed by atoms with Gasteiger partial charge in [-0.1, -0.05) is 12.1 Å². The second-order valence-corrected chi connectivity index (χ2v) is 5.10. The van der Waals surface area contributed by atoms with Crippen LogP contribution in [0.4, 0.5) is 4.39 Å². The van der Waals surface area contributed by atoms with Crippen molar-refractivity contribution in [1.82, 2.24) is 5.43 Å². The highest BCUT2D eigenvalue weighted by molar-refractivity contribution is 5.96. The molecule has 2 aliphatic carbocycles. The van der Waals surface area contributed by atoms with Crippen LogP contribution in [0.25, 0.3) is 0 Å². The Balaban J connectivity index is 1.69. The molecule has 2 aliphatic rings. The summed E-state index contributed by atoms with van der Waals surface area (Å²) in [6.45, 7) is 0. The second kappa shape index (κ2) is 4.52. The largest absolute Gasteiger partial charge is 0.274 e. The van der Waals surface area contributed by atoms with E-state index in [0.717, 1.165) is 18.1 Å². The maximum Gasteiger partial charge on any atom is 0.274 e. The van der Waals surface area contributed by atoms with E-state index in [4.69, 9.17) is 0 Å².